The highest BCUT2D eigenvalue weighted by Gasteiger charge is 2.30. The Labute approximate surface area is 167 Å². The number of aryl methyl sites for hydroxylation is 1. The summed E-state index contributed by atoms with van der Waals surface area (Å²) in [5.41, 5.74) is 13.0. The van der Waals surface area contributed by atoms with Crippen molar-refractivity contribution >= 4 is 11.9 Å². The smallest absolute Gasteiger partial charge is 0.187 e. The highest BCUT2D eigenvalue weighted by Crippen LogP contribution is 2.19. The molecule has 0 unspecified atom stereocenters. The molecule has 0 aliphatic carbocycles. The first-order chi connectivity index (χ1) is 13.5. The van der Waals surface area contributed by atoms with Crippen molar-refractivity contribution in [3.8, 4) is 0 Å². The Kier molecular flexibility index (Phi) is 8.34. The third-order valence-corrected chi connectivity index (χ3v) is 4.76. The van der Waals surface area contributed by atoms with Gasteiger partial charge in [0.05, 0.1) is 0 Å². The van der Waals surface area contributed by atoms with E-state index in [4.69, 9.17) is 22.3 Å². The maximum absolute atomic E-state index is 7.72. The van der Waals surface area contributed by atoms with Crippen LogP contribution in [0.5, 0.6) is 0 Å². The standard InChI is InChI=1S/C22H32N6/c23-20(24)27-22(28-21(25)26,17-19-14-8-4-9-15-19)16-10-2-1-5-11-18-12-6-3-7-13-18/h3-4,6-9,12-15H,1-2,5,10-11,16-17H2,(H4,23,24,27)(H4,25,26,28). The number of benzene rings is 2. The second-order valence-corrected chi connectivity index (χ2v) is 7.22. The quantitative estimate of drug-likeness (QED) is 0.155. The molecule has 0 saturated heterocycles. The fourth-order valence-corrected chi connectivity index (χ4v) is 3.55. The maximum Gasteiger partial charge on any atom is 0.187 e. The lowest BCUT2D eigenvalue weighted by atomic mass is 9.92. The molecule has 28 heavy (non-hydrogen) atoms. The molecule has 0 heterocycles. The topological polar surface area (TPSA) is 124 Å². The summed E-state index contributed by atoms with van der Waals surface area (Å²) in [6.45, 7) is 0. The summed E-state index contributed by atoms with van der Waals surface area (Å²) in [5, 5.41) is 21.5. The summed E-state index contributed by atoms with van der Waals surface area (Å²) in [5.74, 6) is -0.262. The second-order valence-electron chi connectivity index (χ2n) is 7.22. The molecule has 0 fully saturated rings. The first kappa shape index (κ1) is 21.3. The van der Waals surface area contributed by atoms with Crippen LogP contribution in [0.1, 0.15) is 43.2 Å². The normalized spacial score (nSPS) is 12.7. The molecule has 0 spiro atoms. The number of rotatable bonds is 11. The first-order valence-electron chi connectivity index (χ1n) is 9.81. The van der Waals surface area contributed by atoms with Gasteiger partial charge in [-0.1, -0.05) is 73.5 Å². The van der Waals surface area contributed by atoms with E-state index in [9.17, 15) is 0 Å². The lowest BCUT2D eigenvalue weighted by Gasteiger charge is -2.36. The number of nitrogens with one attached hydrogen (secondary N) is 4. The average molecular weight is 381 g/mol. The Bertz CT molecular complexity index is 713. The Morgan fingerprint density at radius 2 is 1.21 bits per heavy atom. The van der Waals surface area contributed by atoms with E-state index in [0.29, 0.717) is 12.8 Å². The molecule has 8 N–H and O–H groups in total. The summed E-state index contributed by atoms with van der Waals surface area (Å²) >= 11 is 0. The van der Waals surface area contributed by atoms with E-state index in [-0.39, 0.29) is 11.9 Å². The highest BCUT2D eigenvalue weighted by molar-refractivity contribution is 5.78. The van der Waals surface area contributed by atoms with Crippen LogP contribution in [0.2, 0.25) is 0 Å². The van der Waals surface area contributed by atoms with Crippen molar-refractivity contribution in [2.45, 2.75) is 50.6 Å². The molecule has 0 radical (unpaired) electrons. The average Bonchev–Trinajstić information content (AvgIpc) is 2.65. The molecular formula is C22H32N6. The van der Waals surface area contributed by atoms with E-state index in [1.54, 1.807) is 0 Å². The van der Waals surface area contributed by atoms with Crippen molar-refractivity contribution in [3.05, 3.63) is 71.8 Å². The largest absolute Gasteiger partial charge is 0.370 e. The molecule has 2 rings (SSSR count). The van der Waals surface area contributed by atoms with E-state index in [2.05, 4.69) is 34.9 Å². The van der Waals surface area contributed by atoms with Crippen molar-refractivity contribution in [2.24, 2.45) is 11.5 Å². The van der Waals surface area contributed by atoms with Gasteiger partial charge in [-0.05, 0) is 36.8 Å². The van der Waals surface area contributed by atoms with Gasteiger partial charge in [0.15, 0.2) is 11.9 Å². The Hall–Kier alpha value is -3.02. The van der Waals surface area contributed by atoms with Gasteiger partial charge in [-0.2, -0.15) is 0 Å². The zero-order valence-corrected chi connectivity index (χ0v) is 16.4. The molecule has 0 amide bonds. The van der Waals surface area contributed by atoms with Crippen molar-refractivity contribution in [2.75, 3.05) is 0 Å². The zero-order chi connectivity index (χ0) is 20.2. The minimum atomic E-state index is -0.738. The molecule has 6 nitrogen and oxygen atoms in total. The van der Waals surface area contributed by atoms with Gasteiger partial charge in [0.1, 0.15) is 5.66 Å². The molecule has 150 valence electrons. The van der Waals surface area contributed by atoms with Crippen molar-refractivity contribution < 1.29 is 0 Å². The predicted molar refractivity (Wildman–Crippen MR) is 116 cm³/mol. The van der Waals surface area contributed by atoms with Crippen LogP contribution in [-0.2, 0) is 12.8 Å². The Balaban J connectivity index is 1.91. The highest BCUT2D eigenvalue weighted by atomic mass is 15.3. The molecule has 6 heteroatoms. The van der Waals surface area contributed by atoms with Gasteiger partial charge < -0.3 is 22.1 Å². The summed E-state index contributed by atoms with van der Waals surface area (Å²) in [6.07, 6.45) is 6.69. The Morgan fingerprint density at radius 1 is 0.714 bits per heavy atom. The van der Waals surface area contributed by atoms with Gasteiger partial charge in [0.2, 0.25) is 0 Å². The second kappa shape index (κ2) is 11.0. The van der Waals surface area contributed by atoms with Gasteiger partial charge in [-0.15, -0.1) is 0 Å². The summed E-state index contributed by atoms with van der Waals surface area (Å²) < 4.78 is 0. The van der Waals surface area contributed by atoms with Crippen molar-refractivity contribution in [1.29, 1.82) is 10.8 Å². The van der Waals surface area contributed by atoms with Crippen molar-refractivity contribution in [3.63, 3.8) is 0 Å². The van der Waals surface area contributed by atoms with E-state index >= 15 is 0 Å². The summed E-state index contributed by atoms with van der Waals surface area (Å²) in [7, 11) is 0. The number of unbranched alkanes of at least 4 members (excludes halogenated alkanes) is 3. The van der Waals surface area contributed by atoms with Gasteiger partial charge in [-0.25, -0.2) is 0 Å². The lowest BCUT2D eigenvalue weighted by molar-refractivity contribution is 0.303. The van der Waals surface area contributed by atoms with Crippen LogP contribution in [0.3, 0.4) is 0 Å². The van der Waals surface area contributed by atoms with Gasteiger partial charge in [0.25, 0.3) is 0 Å². The van der Waals surface area contributed by atoms with E-state index < -0.39 is 5.66 Å². The third kappa shape index (κ3) is 7.70. The van der Waals surface area contributed by atoms with Gasteiger partial charge in [-0.3, -0.25) is 10.8 Å². The van der Waals surface area contributed by atoms with Crippen LogP contribution in [-0.4, -0.2) is 17.6 Å². The van der Waals surface area contributed by atoms with E-state index in [1.807, 2.05) is 36.4 Å². The molecule has 2 aromatic carbocycles. The molecular weight excluding hydrogens is 348 g/mol. The number of hydrogen-bond donors (Lipinski definition) is 6. The number of guanidine groups is 2. The minimum Gasteiger partial charge on any atom is -0.370 e. The van der Waals surface area contributed by atoms with Crippen molar-refractivity contribution in [1.82, 2.24) is 10.6 Å². The maximum atomic E-state index is 7.72. The van der Waals surface area contributed by atoms with Crippen LogP contribution in [0.15, 0.2) is 60.7 Å². The van der Waals surface area contributed by atoms with Gasteiger partial charge in [0, 0.05) is 6.42 Å². The fraction of sp³-hybridized carbons (Fsp3) is 0.364. The Morgan fingerprint density at radius 3 is 1.75 bits per heavy atom. The van der Waals surface area contributed by atoms with E-state index in [1.165, 1.54) is 5.56 Å². The minimum absolute atomic E-state index is 0.131. The third-order valence-electron chi connectivity index (χ3n) is 4.76. The van der Waals surface area contributed by atoms with Gasteiger partial charge >= 0.3 is 0 Å². The molecule has 0 aromatic heterocycles. The molecule has 0 atom stereocenters. The zero-order valence-electron chi connectivity index (χ0n) is 16.4. The first-order valence-corrected chi connectivity index (χ1v) is 9.81. The monoisotopic (exact) mass is 380 g/mol. The predicted octanol–water partition coefficient (Wildman–Crippen LogP) is 3.08. The fourth-order valence-electron chi connectivity index (χ4n) is 3.55. The number of nitrogens with two attached hydrogens (primary N) is 2. The SMILES string of the molecule is N=C(N)NC(CCCCCCc1ccccc1)(Cc1ccccc1)NC(=N)N. The van der Waals surface area contributed by atoms with Crippen LogP contribution in [0.25, 0.3) is 0 Å². The van der Waals surface area contributed by atoms with Crippen LogP contribution >= 0.6 is 0 Å². The van der Waals surface area contributed by atoms with Crippen LogP contribution in [0.4, 0.5) is 0 Å². The molecule has 2 aromatic rings. The summed E-state index contributed by atoms with van der Waals surface area (Å²) in [6, 6.07) is 20.5. The lowest BCUT2D eigenvalue weighted by Crippen LogP contribution is -2.64. The molecule has 0 aliphatic rings. The summed E-state index contributed by atoms with van der Waals surface area (Å²) in [4.78, 5) is 0. The molecule has 0 bridgehead atoms. The van der Waals surface area contributed by atoms with E-state index in [0.717, 1.165) is 37.7 Å². The van der Waals surface area contributed by atoms with Crippen LogP contribution in [0, 0.1) is 10.8 Å². The van der Waals surface area contributed by atoms with Crippen LogP contribution < -0.4 is 22.1 Å². The molecule has 0 aliphatic heterocycles. The molecule has 0 saturated carbocycles. The number of hydrogen-bond acceptors (Lipinski definition) is 2.